The molecule has 0 aliphatic heterocycles. The molecule has 2 aromatic rings. The molecule has 2 aromatic heterocycles. The maximum absolute atomic E-state index is 11.8. The van der Waals surface area contributed by atoms with E-state index in [2.05, 4.69) is 25.8 Å². The van der Waals surface area contributed by atoms with Gasteiger partial charge in [-0.3, -0.25) is 14.5 Å². The van der Waals surface area contributed by atoms with Gasteiger partial charge in [-0.25, -0.2) is 10.8 Å². The fourth-order valence-electron chi connectivity index (χ4n) is 1.36. The van der Waals surface area contributed by atoms with E-state index in [0.717, 1.165) is 5.69 Å². The number of hydrogen-bond donors (Lipinski definition) is 3. The second-order valence-electron chi connectivity index (χ2n) is 3.60. The summed E-state index contributed by atoms with van der Waals surface area (Å²) in [5, 5.41) is 6.84. The minimum absolute atomic E-state index is 0.196. The van der Waals surface area contributed by atoms with Crippen molar-refractivity contribution in [3.8, 4) is 0 Å². The molecule has 1 amide bonds. The number of nitrogens with two attached hydrogens (primary N) is 1. The number of aromatic nitrogens is 4. The molecule has 0 atom stereocenters. The Balaban J connectivity index is 1.99. The van der Waals surface area contributed by atoms with Gasteiger partial charge in [-0.2, -0.15) is 5.10 Å². The highest BCUT2D eigenvalue weighted by Crippen LogP contribution is 2.00. The van der Waals surface area contributed by atoms with Crippen LogP contribution in [0.2, 0.25) is 0 Å². The topological polar surface area (TPSA) is 111 Å². The van der Waals surface area contributed by atoms with Crippen molar-refractivity contribution in [1.29, 1.82) is 0 Å². The van der Waals surface area contributed by atoms with E-state index < -0.39 is 0 Å². The number of rotatable bonds is 4. The number of amides is 1. The quantitative estimate of drug-likeness (QED) is 0.492. The van der Waals surface area contributed by atoms with Crippen LogP contribution in [0.1, 0.15) is 16.2 Å². The SMILES string of the molecule is Cn1ccc(CNC(=O)c2cncc(NN)n2)n1. The van der Waals surface area contributed by atoms with Gasteiger partial charge in [0.25, 0.3) is 5.91 Å². The number of carbonyl (C=O) groups is 1. The van der Waals surface area contributed by atoms with Crippen LogP contribution < -0.4 is 16.6 Å². The summed E-state index contributed by atoms with van der Waals surface area (Å²) in [5.41, 5.74) is 3.30. The first kappa shape index (κ1) is 12.0. The molecule has 0 bridgehead atoms. The van der Waals surface area contributed by atoms with Crippen LogP contribution in [-0.4, -0.2) is 25.7 Å². The van der Waals surface area contributed by atoms with E-state index in [4.69, 9.17) is 5.84 Å². The molecular weight excluding hydrogens is 234 g/mol. The summed E-state index contributed by atoms with van der Waals surface area (Å²) in [5.74, 6) is 5.19. The number of hydrogen-bond acceptors (Lipinski definition) is 6. The number of nitrogens with zero attached hydrogens (tertiary/aromatic N) is 4. The third-order valence-corrected chi connectivity index (χ3v) is 2.21. The van der Waals surface area contributed by atoms with Gasteiger partial charge in [0.2, 0.25) is 0 Å². The van der Waals surface area contributed by atoms with Crippen LogP contribution in [-0.2, 0) is 13.6 Å². The Bertz CT molecular complexity index is 551. The van der Waals surface area contributed by atoms with Gasteiger partial charge in [0.1, 0.15) is 5.69 Å². The standard InChI is InChI=1S/C10H13N7O/c1-17-3-2-7(16-17)4-13-10(18)8-5-12-6-9(14-8)15-11/h2-3,5-6H,4,11H2,1H3,(H,13,18)(H,14,15). The van der Waals surface area contributed by atoms with Gasteiger partial charge in [0.15, 0.2) is 5.82 Å². The van der Waals surface area contributed by atoms with Crippen molar-refractivity contribution in [3.63, 3.8) is 0 Å². The van der Waals surface area contributed by atoms with Gasteiger partial charge >= 0.3 is 0 Å². The first-order chi connectivity index (χ1) is 8.69. The van der Waals surface area contributed by atoms with E-state index in [0.29, 0.717) is 12.4 Å². The van der Waals surface area contributed by atoms with Gasteiger partial charge in [-0.15, -0.1) is 0 Å². The smallest absolute Gasteiger partial charge is 0.271 e. The van der Waals surface area contributed by atoms with E-state index in [1.807, 2.05) is 13.1 Å². The van der Waals surface area contributed by atoms with Crippen LogP contribution >= 0.6 is 0 Å². The molecule has 2 heterocycles. The molecule has 4 N–H and O–H groups in total. The van der Waals surface area contributed by atoms with Crippen LogP contribution in [0, 0.1) is 0 Å². The second kappa shape index (κ2) is 5.23. The molecule has 18 heavy (non-hydrogen) atoms. The van der Waals surface area contributed by atoms with Crippen molar-refractivity contribution in [1.82, 2.24) is 25.1 Å². The Hall–Kier alpha value is -2.48. The number of carbonyl (C=O) groups excluding carboxylic acids is 1. The Labute approximate surface area is 103 Å². The fraction of sp³-hybridized carbons (Fsp3) is 0.200. The lowest BCUT2D eigenvalue weighted by atomic mass is 10.4. The molecule has 94 valence electrons. The van der Waals surface area contributed by atoms with Crippen molar-refractivity contribution in [2.24, 2.45) is 12.9 Å². The summed E-state index contributed by atoms with van der Waals surface area (Å²) >= 11 is 0. The maximum Gasteiger partial charge on any atom is 0.271 e. The predicted molar refractivity (Wildman–Crippen MR) is 64.2 cm³/mol. The van der Waals surface area contributed by atoms with Crippen molar-refractivity contribution < 1.29 is 4.79 Å². The van der Waals surface area contributed by atoms with Crippen molar-refractivity contribution in [2.75, 3.05) is 5.43 Å². The molecule has 0 aliphatic rings. The third-order valence-electron chi connectivity index (χ3n) is 2.21. The highest BCUT2D eigenvalue weighted by Gasteiger charge is 2.08. The third kappa shape index (κ3) is 2.80. The van der Waals surface area contributed by atoms with Gasteiger partial charge in [-0.1, -0.05) is 0 Å². The molecule has 0 aliphatic carbocycles. The Morgan fingerprint density at radius 1 is 1.50 bits per heavy atom. The lowest BCUT2D eigenvalue weighted by Gasteiger charge is -2.04. The lowest BCUT2D eigenvalue weighted by molar-refractivity contribution is 0.0945. The summed E-state index contributed by atoms with van der Waals surface area (Å²) in [7, 11) is 1.81. The van der Waals surface area contributed by atoms with Gasteiger partial charge in [0, 0.05) is 13.2 Å². The Morgan fingerprint density at radius 3 is 3.00 bits per heavy atom. The Morgan fingerprint density at radius 2 is 2.33 bits per heavy atom. The van der Waals surface area contributed by atoms with E-state index in [9.17, 15) is 4.79 Å². The monoisotopic (exact) mass is 247 g/mol. The highest BCUT2D eigenvalue weighted by molar-refractivity contribution is 5.92. The van der Waals surface area contributed by atoms with Crippen LogP contribution in [0.4, 0.5) is 5.82 Å². The summed E-state index contributed by atoms with van der Waals surface area (Å²) in [6.07, 6.45) is 4.60. The molecule has 0 unspecified atom stereocenters. The minimum Gasteiger partial charge on any atom is -0.345 e. The zero-order valence-corrected chi connectivity index (χ0v) is 9.79. The minimum atomic E-state index is -0.328. The molecule has 0 fully saturated rings. The average Bonchev–Trinajstić information content (AvgIpc) is 2.82. The van der Waals surface area contributed by atoms with E-state index in [1.54, 1.807) is 10.9 Å². The highest BCUT2D eigenvalue weighted by atomic mass is 16.1. The largest absolute Gasteiger partial charge is 0.345 e. The number of hydrazine groups is 1. The summed E-state index contributed by atoms with van der Waals surface area (Å²) in [6, 6.07) is 1.82. The molecule has 0 saturated heterocycles. The maximum atomic E-state index is 11.8. The van der Waals surface area contributed by atoms with Crippen molar-refractivity contribution in [3.05, 3.63) is 36.0 Å². The molecule has 0 spiro atoms. The Kier molecular flexibility index (Phi) is 3.49. The molecule has 0 aromatic carbocycles. The van der Waals surface area contributed by atoms with E-state index in [-0.39, 0.29) is 11.6 Å². The second-order valence-corrected chi connectivity index (χ2v) is 3.60. The molecule has 8 heteroatoms. The fourth-order valence-corrected chi connectivity index (χ4v) is 1.36. The van der Waals surface area contributed by atoms with E-state index >= 15 is 0 Å². The first-order valence-corrected chi connectivity index (χ1v) is 5.24. The number of anilines is 1. The van der Waals surface area contributed by atoms with Crippen LogP contribution in [0.3, 0.4) is 0 Å². The first-order valence-electron chi connectivity index (χ1n) is 5.24. The zero-order valence-electron chi connectivity index (χ0n) is 9.79. The number of aryl methyl sites for hydroxylation is 1. The van der Waals surface area contributed by atoms with Crippen LogP contribution in [0.5, 0.6) is 0 Å². The lowest BCUT2D eigenvalue weighted by Crippen LogP contribution is -2.25. The average molecular weight is 247 g/mol. The molecule has 0 saturated carbocycles. The van der Waals surface area contributed by atoms with Crippen molar-refractivity contribution in [2.45, 2.75) is 6.54 Å². The summed E-state index contributed by atoms with van der Waals surface area (Å²) < 4.78 is 1.67. The normalized spacial score (nSPS) is 10.1. The van der Waals surface area contributed by atoms with Gasteiger partial charge in [-0.05, 0) is 6.07 Å². The van der Waals surface area contributed by atoms with Gasteiger partial charge in [0.05, 0.1) is 24.6 Å². The van der Waals surface area contributed by atoms with Crippen molar-refractivity contribution >= 4 is 11.7 Å². The summed E-state index contributed by atoms with van der Waals surface area (Å²) in [4.78, 5) is 19.6. The summed E-state index contributed by atoms with van der Waals surface area (Å²) in [6.45, 7) is 0.335. The van der Waals surface area contributed by atoms with Crippen LogP contribution in [0.25, 0.3) is 0 Å². The molecular formula is C10H13N7O. The molecule has 8 nitrogen and oxygen atoms in total. The predicted octanol–water partition coefficient (Wildman–Crippen LogP) is -0.574. The molecule has 2 rings (SSSR count). The van der Waals surface area contributed by atoms with Crippen LogP contribution in [0.15, 0.2) is 24.7 Å². The number of nitrogen functional groups attached to an aromatic ring is 1. The zero-order chi connectivity index (χ0) is 13.0. The number of nitrogens with one attached hydrogen (secondary N) is 2. The molecule has 0 radical (unpaired) electrons. The van der Waals surface area contributed by atoms with E-state index in [1.165, 1.54) is 12.4 Å². The van der Waals surface area contributed by atoms with Gasteiger partial charge < -0.3 is 10.7 Å².